The summed E-state index contributed by atoms with van der Waals surface area (Å²) in [7, 11) is 1.57. The zero-order chi connectivity index (χ0) is 24.2. The Balaban J connectivity index is 1.88. The lowest BCUT2D eigenvalue weighted by Gasteiger charge is -2.32. The number of hydrazone groups is 1. The second kappa shape index (κ2) is 9.80. The largest absolute Gasteiger partial charge is 0.497 e. The van der Waals surface area contributed by atoms with Crippen LogP contribution in [-0.2, 0) is 9.53 Å². The van der Waals surface area contributed by atoms with Crippen LogP contribution >= 0.6 is 11.6 Å². The highest BCUT2D eigenvalue weighted by Crippen LogP contribution is 2.40. The summed E-state index contributed by atoms with van der Waals surface area (Å²) in [6, 6.07) is 20.3. The number of benzene rings is 3. The smallest absolute Gasteiger partial charge is 0.376 e. The molecule has 0 fully saturated rings. The molecule has 0 radical (unpaired) electrons. The number of hydrogen-bond acceptors (Lipinski definition) is 8. The number of esters is 1. The molecule has 0 bridgehead atoms. The van der Waals surface area contributed by atoms with Crippen LogP contribution in [0, 0.1) is 10.1 Å². The van der Waals surface area contributed by atoms with Crippen LogP contribution in [0.1, 0.15) is 18.7 Å². The summed E-state index contributed by atoms with van der Waals surface area (Å²) in [5, 5.41) is 18.0. The second-order valence-electron chi connectivity index (χ2n) is 7.26. The fourth-order valence-corrected chi connectivity index (χ4v) is 3.75. The topological polar surface area (TPSA) is 97.5 Å². The van der Waals surface area contributed by atoms with E-state index in [0.29, 0.717) is 27.7 Å². The maximum Gasteiger partial charge on any atom is 0.376 e. The van der Waals surface area contributed by atoms with Gasteiger partial charge in [0.15, 0.2) is 6.17 Å². The predicted molar refractivity (Wildman–Crippen MR) is 129 cm³/mol. The third-order valence-corrected chi connectivity index (χ3v) is 5.46. The summed E-state index contributed by atoms with van der Waals surface area (Å²) in [5.74, 6) is 0.131. The van der Waals surface area contributed by atoms with E-state index < -0.39 is 17.1 Å². The Kier molecular flexibility index (Phi) is 6.65. The highest BCUT2D eigenvalue weighted by molar-refractivity contribution is 6.42. The van der Waals surface area contributed by atoms with Crippen molar-refractivity contribution in [3.8, 4) is 5.75 Å². The molecule has 34 heavy (non-hydrogen) atoms. The van der Waals surface area contributed by atoms with Crippen molar-refractivity contribution in [3.63, 3.8) is 0 Å². The zero-order valence-corrected chi connectivity index (χ0v) is 19.2. The minimum atomic E-state index is -0.630. The number of non-ortho nitro benzene ring substituents is 1. The molecule has 1 heterocycles. The molecule has 0 saturated carbocycles. The summed E-state index contributed by atoms with van der Waals surface area (Å²) < 4.78 is 10.6. The summed E-state index contributed by atoms with van der Waals surface area (Å²) in [4.78, 5) is 25.4. The number of hydrogen-bond donors (Lipinski definition) is 0. The van der Waals surface area contributed by atoms with Gasteiger partial charge in [0.2, 0.25) is 5.84 Å². The van der Waals surface area contributed by atoms with E-state index in [-0.39, 0.29) is 18.1 Å². The van der Waals surface area contributed by atoms with Gasteiger partial charge in [0.25, 0.3) is 5.69 Å². The molecule has 1 atom stereocenters. The molecule has 0 amide bonds. The van der Waals surface area contributed by atoms with E-state index in [9.17, 15) is 14.9 Å². The van der Waals surface area contributed by atoms with Crippen LogP contribution < -0.4 is 14.6 Å². The van der Waals surface area contributed by atoms with Crippen LogP contribution in [0.5, 0.6) is 5.75 Å². The van der Waals surface area contributed by atoms with Crippen molar-refractivity contribution in [1.82, 2.24) is 0 Å². The van der Waals surface area contributed by atoms with Crippen molar-refractivity contribution in [2.24, 2.45) is 5.10 Å². The van der Waals surface area contributed by atoms with Gasteiger partial charge in [-0.2, -0.15) is 0 Å². The quantitative estimate of drug-likeness (QED) is 0.262. The molecule has 3 aromatic carbocycles. The van der Waals surface area contributed by atoms with Crippen molar-refractivity contribution in [2.45, 2.75) is 13.1 Å². The van der Waals surface area contributed by atoms with Crippen molar-refractivity contribution in [3.05, 3.63) is 93.5 Å². The maximum absolute atomic E-state index is 12.9. The van der Waals surface area contributed by atoms with Crippen LogP contribution in [0.15, 0.2) is 77.9 Å². The second-order valence-corrected chi connectivity index (χ2v) is 7.69. The number of nitrogens with zero attached hydrogens (tertiary/aromatic N) is 4. The number of anilines is 2. The number of methoxy groups -OCH3 is 1. The normalized spacial score (nSPS) is 15.1. The first-order valence-corrected chi connectivity index (χ1v) is 10.8. The minimum absolute atomic E-state index is 0.0395. The van der Waals surface area contributed by atoms with Gasteiger partial charge in [-0.15, -0.1) is 5.10 Å². The van der Waals surface area contributed by atoms with Gasteiger partial charge < -0.3 is 9.47 Å². The standard InChI is InChI=1S/C24H21ClN4O5/c1-3-34-24(30)22-26-28(19-10-6-17(25)7-11-19)23(16-4-8-20(9-5-16)29(31)32)27(22)18-12-14-21(33-2)15-13-18/h4-15,23H,3H2,1-2H3. The van der Waals surface area contributed by atoms with E-state index in [4.69, 9.17) is 21.1 Å². The first-order chi connectivity index (χ1) is 16.4. The Hall–Kier alpha value is -4.11. The lowest BCUT2D eigenvalue weighted by Crippen LogP contribution is -2.39. The molecule has 0 aliphatic carbocycles. The third kappa shape index (κ3) is 4.51. The van der Waals surface area contributed by atoms with E-state index in [1.165, 1.54) is 12.1 Å². The van der Waals surface area contributed by atoms with Crippen molar-refractivity contribution in [2.75, 3.05) is 23.6 Å². The van der Waals surface area contributed by atoms with Gasteiger partial charge in [0.05, 0.1) is 24.3 Å². The summed E-state index contributed by atoms with van der Waals surface area (Å²) in [6.45, 7) is 1.90. The molecular weight excluding hydrogens is 460 g/mol. The number of nitro groups is 1. The third-order valence-electron chi connectivity index (χ3n) is 5.21. The average molecular weight is 481 g/mol. The molecule has 1 aliphatic rings. The predicted octanol–water partition coefficient (Wildman–Crippen LogP) is 5.16. The van der Waals surface area contributed by atoms with Crippen molar-refractivity contribution < 1.29 is 19.2 Å². The van der Waals surface area contributed by atoms with Crippen LogP contribution in [0.2, 0.25) is 5.02 Å². The van der Waals surface area contributed by atoms with Crippen LogP contribution in [0.3, 0.4) is 0 Å². The van der Waals surface area contributed by atoms with E-state index in [2.05, 4.69) is 5.10 Å². The number of halogens is 1. The molecule has 4 rings (SSSR count). The highest BCUT2D eigenvalue weighted by Gasteiger charge is 2.41. The molecule has 10 heteroatoms. The van der Waals surface area contributed by atoms with Gasteiger partial charge in [-0.3, -0.25) is 15.0 Å². The summed E-state index contributed by atoms with van der Waals surface area (Å²) in [6.07, 6.45) is -0.630. The van der Waals surface area contributed by atoms with Crippen molar-refractivity contribution in [1.29, 1.82) is 0 Å². The molecule has 1 aliphatic heterocycles. The number of ether oxygens (including phenoxy) is 2. The molecule has 9 nitrogen and oxygen atoms in total. The van der Waals surface area contributed by atoms with Gasteiger partial charge in [0.1, 0.15) is 5.75 Å². The Labute approximate surface area is 200 Å². The summed E-state index contributed by atoms with van der Waals surface area (Å²) >= 11 is 6.08. The van der Waals surface area contributed by atoms with E-state index in [1.54, 1.807) is 84.6 Å². The Morgan fingerprint density at radius 1 is 1.03 bits per heavy atom. The number of carbonyl (C=O) groups is 1. The first-order valence-electron chi connectivity index (χ1n) is 10.4. The van der Waals surface area contributed by atoms with E-state index in [0.717, 1.165) is 0 Å². The monoisotopic (exact) mass is 480 g/mol. The Morgan fingerprint density at radius 3 is 2.21 bits per heavy atom. The van der Waals surface area contributed by atoms with E-state index in [1.807, 2.05) is 0 Å². The van der Waals surface area contributed by atoms with Gasteiger partial charge in [-0.1, -0.05) is 11.6 Å². The highest BCUT2D eigenvalue weighted by atomic mass is 35.5. The molecule has 0 spiro atoms. The molecule has 0 N–H and O–H groups in total. The number of rotatable bonds is 7. The average Bonchev–Trinajstić information content (AvgIpc) is 3.25. The van der Waals surface area contributed by atoms with Gasteiger partial charge in [-0.25, -0.2) is 9.80 Å². The molecule has 174 valence electrons. The lowest BCUT2D eigenvalue weighted by atomic mass is 10.1. The molecule has 3 aromatic rings. The fourth-order valence-electron chi connectivity index (χ4n) is 3.62. The number of nitro benzene ring substituents is 1. The fraction of sp³-hybridized carbons (Fsp3) is 0.167. The lowest BCUT2D eigenvalue weighted by molar-refractivity contribution is -0.384. The molecule has 0 saturated heterocycles. The van der Waals surface area contributed by atoms with Gasteiger partial charge in [0, 0.05) is 22.8 Å². The summed E-state index contributed by atoms with van der Waals surface area (Å²) in [5.41, 5.74) is 1.97. The minimum Gasteiger partial charge on any atom is -0.497 e. The molecular formula is C24H21ClN4O5. The SMILES string of the molecule is CCOC(=O)C1=NN(c2ccc(Cl)cc2)C(c2ccc([N+](=O)[O-])cc2)N1c1ccc(OC)cc1. The zero-order valence-electron chi connectivity index (χ0n) is 18.4. The first kappa shape index (κ1) is 23.1. The van der Waals surface area contributed by atoms with Crippen molar-refractivity contribution >= 4 is 40.5 Å². The van der Waals surface area contributed by atoms with Crippen LogP contribution in [-0.4, -0.2) is 30.4 Å². The number of carbonyl (C=O) groups excluding carboxylic acids is 1. The van der Waals surface area contributed by atoms with Gasteiger partial charge >= 0.3 is 5.97 Å². The Morgan fingerprint density at radius 2 is 1.65 bits per heavy atom. The van der Waals surface area contributed by atoms with Gasteiger partial charge in [-0.05, 0) is 73.2 Å². The maximum atomic E-state index is 12.9. The Bertz CT molecular complexity index is 1210. The van der Waals surface area contributed by atoms with E-state index >= 15 is 0 Å². The van der Waals surface area contributed by atoms with Crippen LogP contribution in [0.4, 0.5) is 17.1 Å². The molecule has 1 unspecified atom stereocenters. The molecule has 0 aromatic heterocycles. The number of amidine groups is 1. The van der Waals surface area contributed by atoms with Crippen LogP contribution in [0.25, 0.3) is 0 Å².